The van der Waals surface area contributed by atoms with Crippen LogP contribution in [0.5, 0.6) is 23.0 Å². The first-order valence-corrected chi connectivity index (χ1v) is 12.9. The molecule has 0 unspecified atom stereocenters. The predicted molar refractivity (Wildman–Crippen MR) is 142 cm³/mol. The van der Waals surface area contributed by atoms with E-state index in [9.17, 15) is 4.79 Å². The van der Waals surface area contributed by atoms with Crippen molar-refractivity contribution in [2.45, 2.75) is 38.8 Å². The Kier molecular flexibility index (Phi) is 8.66. The van der Waals surface area contributed by atoms with Gasteiger partial charge in [0.1, 0.15) is 28.6 Å². The van der Waals surface area contributed by atoms with Crippen LogP contribution in [0.4, 0.5) is 10.5 Å². The minimum atomic E-state index is -0.444. The molecule has 0 radical (unpaired) electrons. The molecule has 2 aromatic carbocycles. The first-order valence-electron chi connectivity index (χ1n) is 12.9. The number of nitrogens with one attached hydrogen (secondary N) is 1. The first kappa shape index (κ1) is 26.9. The monoisotopic (exact) mass is 513 g/mol. The van der Waals surface area contributed by atoms with Gasteiger partial charge in [0, 0.05) is 44.2 Å². The molecule has 0 bridgehead atoms. The van der Waals surface area contributed by atoms with Gasteiger partial charge in [-0.15, -0.1) is 0 Å². The fraction of sp³-hybridized carbons (Fsp3) is 0.536. The number of ether oxygens (including phenoxy) is 5. The molecule has 1 fully saturated rings. The molecule has 0 aliphatic carbocycles. The summed E-state index contributed by atoms with van der Waals surface area (Å²) in [6.07, 6.45) is 0.645. The molecule has 1 atom stereocenters. The summed E-state index contributed by atoms with van der Waals surface area (Å²) in [5, 5.41) is 3.09. The lowest BCUT2D eigenvalue weighted by molar-refractivity contribution is 0.0226. The van der Waals surface area contributed by atoms with Crippen LogP contribution in [0.3, 0.4) is 0 Å². The van der Waals surface area contributed by atoms with Gasteiger partial charge in [-0.3, -0.25) is 4.90 Å². The molecule has 202 valence electrons. The maximum absolute atomic E-state index is 14.0. The van der Waals surface area contributed by atoms with E-state index in [1.807, 2.05) is 30.0 Å². The van der Waals surface area contributed by atoms with Crippen LogP contribution in [0.15, 0.2) is 36.4 Å². The summed E-state index contributed by atoms with van der Waals surface area (Å²) >= 11 is 0. The molecular weight excluding hydrogens is 474 g/mol. The van der Waals surface area contributed by atoms with Gasteiger partial charge in [-0.25, -0.2) is 4.79 Å². The van der Waals surface area contributed by atoms with E-state index in [4.69, 9.17) is 23.7 Å². The Labute approximate surface area is 219 Å². The molecule has 2 amide bonds. The summed E-state index contributed by atoms with van der Waals surface area (Å²) in [4.78, 5) is 18.2. The van der Waals surface area contributed by atoms with Gasteiger partial charge in [-0.2, -0.15) is 0 Å². The van der Waals surface area contributed by atoms with Gasteiger partial charge >= 0.3 is 6.03 Å². The van der Waals surface area contributed by atoms with E-state index in [0.29, 0.717) is 50.0 Å². The van der Waals surface area contributed by atoms with Crippen molar-refractivity contribution in [2.75, 3.05) is 65.5 Å². The number of anilines is 1. The van der Waals surface area contributed by atoms with Crippen molar-refractivity contribution in [3.8, 4) is 23.0 Å². The van der Waals surface area contributed by atoms with Gasteiger partial charge in [0.25, 0.3) is 0 Å². The van der Waals surface area contributed by atoms with Gasteiger partial charge < -0.3 is 33.9 Å². The highest BCUT2D eigenvalue weighted by Gasteiger charge is 2.39. The zero-order valence-electron chi connectivity index (χ0n) is 22.5. The van der Waals surface area contributed by atoms with Crippen molar-refractivity contribution >= 4 is 11.7 Å². The average molecular weight is 514 g/mol. The van der Waals surface area contributed by atoms with Gasteiger partial charge in [0.15, 0.2) is 0 Å². The number of nitrogens with zero attached hydrogens (tertiary/aromatic N) is 2. The fourth-order valence-corrected chi connectivity index (χ4v) is 4.89. The molecule has 0 spiro atoms. The number of morpholine rings is 1. The standard InChI is InChI=1S/C28H39N3O6/c1-6-36-21-8-10-25-22(17-21)24(19-28(2,3)37-25)31(12-11-30-13-15-35-16-14-30)27(32)29-23-9-7-20(33-4)18-26(23)34-5/h7-10,17-18,24H,6,11-16,19H2,1-5H3,(H,29,32)/t24-/m0/s1. The van der Waals surface area contributed by atoms with E-state index >= 15 is 0 Å². The van der Waals surface area contributed by atoms with Crippen molar-refractivity contribution in [1.29, 1.82) is 0 Å². The zero-order valence-corrected chi connectivity index (χ0v) is 22.5. The Morgan fingerprint density at radius 3 is 2.57 bits per heavy atom. The van der Waals surface area contributed by atoms with E-state index in [-0.39, 0.29) is 12.1 Å². The zero-order chi connectivity index (χ0) is 26.4. The van der Waals surface area contributed by atoms with Crippen LogP contribution in [0.2, 0.25) is 0 Å². The molecule has 1 N–H and O–H groups in total. The molecule has 2 heterocycles. The maximum atomic E-state index is 14.0. The molecule has 9 nitrogen and oxygen atoms in total. The smallest absolute Gasteiger partial charge is 0.322 e. The number of urea groups is 1. The number of methoxy groups -OCH3 is 2. The highest BCUT2D eigenvalue weighted by Crippen LogP contribution is 2.44. The van der Waals surface area contributed by atoms with Crippen molar-refractivity contribution < 1.29 is 28.5 Å². The summed E-state index contributed by atoms with van der Waals surface area (Å²) in [5.41, 5.74) is 1.09. The second-order valence-electron chi connectivity index (χ2n) is 9.86. The number of hydrogen-bond donors (Lipinski definition) is 1. The lowest BCUT2D eigenvalue weighted by Crippen LogP contribution is -2.48. The van der Waals surface area contributed by atoms with Gasteiger partial charge in [0.05, 0.1) is 45.8 Å². The molecule has 2 aliphatic heterocycles. The number of fused-ring (bicyclic) bond motifs is 1. The summed E-state index contributed by atoms with van der Waals surface area (Å²) in [6.45, 7) is 11.1. The topological polar surface area (TPSA) is 81.7 Å². The molecule has 4 rings (SSSR count). The largest absolute Gasteiger partial charge is 0.497 e. The minimum Gasteiger partial charge on any atom is -0.497 e. The van der Waals surface area contributed by atoms with Crippen LogP contribution >= 0.6 is 0 Å². The molecule has 2 aromatic rings. The maximum Gasteiger partial charge on any atom is 0.322 e. The Morgan fingerprint density at radius 1 is 1.11 bits per heavy atom. The first-order chi connectivity index (χ1) is 17.8. The molecule has 37 heavy (non-hydrogen) atoms. The number of carbonyl (C=O) groups excluding carboxylic acids is 1. The lowest BCUT2D eigenvalue weighted by atomic mass is 9.88. The summed E-state index contributed by atoms with van der Waals surface area (Å²) in [7, 11) is 3.17. The molecule has 0 saturated carbocycles. The van der Waals surface area contributed by atoms with Crippen LogP contribution in [-0.2, 0) is 4.74 Å². The normalized spacial score (nSPS) is 18.8. The highest BCUT2D eigenvalue weighted by atomic mass is 16.5. The molecule has 0 aromatic heterocycles. The van der Waals surface area contributed by atoms with Crippen molar-refractivity contribution in [3.05, 3.63) is 42.0 Å². The van der Waals surface area contributed by atoms with Crippen LogP contribution in [-0.4, -0.2) is 81.7 Å². The fourth-order valence-electron chi connectivity index (χ4n) is 4.89. The van der Waals surface area contributed by atoms with E-state index in [0.717, 1.165) is 36.7 Å². The predicted octanol–water partition coefficient (Wildman–Crippen LogP) is 4.57. The molecule has 9 heteroatoms. The average Bonchev–Trinajstić information content (AvgIpc) is 2.89. The SMILES string of the molecule is CCOc1ccc2c(c1)[C@@H](N(CCN1CCOCC1)C(=O)Nc1ccc(OC)cc1OC)CC(C)(C)O2. The quantitative estimate of drug-likeness (QED) is 0.526. The molecular formula is C28H39N3O6. The van der Waals surface area contributed by atoms with Crippen LogP contribution < -0.4 is 24.3 Å². The second-order valence-corrected chi connectivity index (χ2v) is 9.86. The van der Waals surface area contributed by atoms with Crippen LogP contribution in [0, 0.1) is 0 Å². The number of benzene rings is 2. The van der Waals surface area contributed by atoms with Gasteiger partial charge in [-0.05, 0) is 51.1 Å². The number of amides is 2. The Balaban J connectivity index is 1.66. The van der Waals surface area contributed by atoms with E-state index in [1.54, 1.807) is 32.4 Å². The lowest BCUT2D eigenvalue weighted by Gasteiger charge is -2.43. The minimum absolute atomic E-state index is 0.202. The molecule has 2 aliphatic rings. The van der Waals surface area contributed by atoms with Crippen molar-refractivity contribution in [2.24, 2.45) is 0 Å². The Morgan fingerprint density at radius 2 is 1.86 bits per heavy atom. The third kappa shape index (κ3) is 6.59. The Bertz CT molecular complexity index is 1070. The third-order valence-electron chi connectivity index (χ3n) is 6.77. The third-order valence-corrected chi connectivity index (χ3v) is 6.77. The number of hydrogen-bond acceptors (Lipinski definition) is 7. The number of rotatable bonds is 9. The van der Waals surface area contributed by atoms with E-state index in [2.05, 4.69) is 24.1 Å². The summed E-state index contributed by atoms with van der Waals surface area (Å²) in [5.74, 6) is 2.73. The summed E-state index contributed by atoms with van der Waals surface area (Å²) < 4.78 is 28.5. The Hall–Kier alpha value is -3.17. The van der Waals surface area contributed by atoms with E-state index < -0.39 is 5.60 Å². The van der Waals surface area contributed by atoms with Crippen molar-refractivity contribution in [3.63, 3.8) is 0 Å². The van der Waals surface area contributed by atoms with Gasteiger partial charge in [0.2, 0.25) is 0 Å². The number of carbonyl (C=O) groups is 1. The van der Waals surface area contributed by atoms with Crippen LogP contribution in [0.1, 0.15) is 38.8 Å². The second kappa shape index (κ2) is 11.9. The van der Waals surface area contributed by atoms with E-state index in [1.165, 1.54) is 0 Å². The van der Waals surface area contributed by atoms with Gasteiger partial charge in [-0.1, -0.05) is 0 Å². The highest BCUT2D eigenvalue weighted by molar-refractivity contribution is 5.91. The van der Waals surface area contributed by atoms with Crippen LogP contribution in [0.25, 0.3) is 0 Å². The van der Waals surface area contributed by atoms with Crippen molar-refractivity contribution in [1.82, 2.24) is 9.80 Å². The summed E-state index contributed by atoms with van der Waals surface area (Å²) in [6, 6.07) is 10.8. The molecule has 1 saturated heterocycles.